The van der Waals surface area contributed by atoms with E-state index in [1.165, 1.54) is 21.4 Å². The highest BCUT2D eigenvalue weighted by molar-refractivity contribution is 5.90. The summed E-state index contributed by atoms with van der Waals surface area (Å²) in [5.41, 5.74) is 5.95. The fourth-order valence-corrected chi connectivity index (χ4v) is 3.60. The number of nitrogens with zero attached hydrogens (tertiary/aromatic N) is 3. The van der Waals surface area contributed by atoms with Crippen LogP contribution in [0.2, 0.25) is 0 Å². The fraction of sp³-hybridized carbons (Fsp3) is 0.412. The van der Waals surface area contributed by atoms with Gasteiger partial charge in [0.2, 0.25) is 0 Å². The molecule has 5 heteroatoms. The van der Waals surface area contributed by atoms with Crippen LogP contribution in [0, 0.1) is 20.8 Å². The summed E-state index contributed by atoms with van der Waals surface area (Å²) in [6.45, 7) is 7.16. The Morgan fingerprint density at radius 3 is 2.45 bits per heavy atom. The highest BCUT2D eigenvalue weighted by atomic mass is 16.4. The number of benzene rings is 1. The molecule has 2 heterocycles. The van der Waals surface area contributed by atoms with Crippen molar-refractivity contribution in [3.63, 3.8) is 0 Å². The van der Waals surface area contributed by atoms with Crippen molar-refractivity contribution in [2.24, 2.45) is 7.05 Å². The molecule has 1 aliphatic heterocycles. The van der Waals surface area contributed by atoms with Crippen LogP contribution in [0.5, 0.6) is 0 Å². The van der Waals surface area contributed by atoms with Gasteiger partial charge >= 0.3 is 5.97 Å². The predicted molar refractivity (Wildman–Crippen MR) is 86.1 cm³/mol. The first-order valence-electron chi connectivity index (χ1n) is 7.54. The van der Waals surface area contributed by atoms with E-state index in [4.69, 9.17) is 0 Å². The van der Waals surface area contributed by atoms with Crippen molar-refractivity contribution in [3.05, 3.63) is 40.1 Å². The topological polar surface area (TPSA) is 58.4 Å². The van der Waals surface area contributed by atoms with Gasteiger partial charge in [-0.3, -0.25) is 4.68 Å². The number of carboxylic acids is 1. The quantitative estimate of drug-likeness (QED) is 0.925. The minimum atomic E-state index is -0.907. The van der Waals surface area contributed by atoms with Crippen LogP contribution in [0.15, 0.2) is 12.1 Å². The number of rotatable bonds is 2. The number of carbonyl (C=O) groups is 1. The van der Waals surface area contributed by atoms with Crippen molar-refractivity contribution in [1.82, 2.24) is 9.78 Å². The Hall–Kier alpha value is -2.30. The summed E-state index contributed by atoms with van der Waals surface area (Å²) in [5, 5.41) is 13.9. The molecule has 0 saturated heterocycles. The van der Waals surface area contributed by atoms with E-state index in [0.717, 1.165) is 36.5 Å². The van der Waals surface area contributed by atoms with Gasteiger partial charge < -0.3 is 10.0 Å². The van der Waals surface area contributed by atoms with Gasteiger partial charge in [-0.15, -0.1) is 0 Å². The Kier molecular flexibility index (Phi) is 3.43. The summed E-state index contributed by atoms with van der Waals surface area (Å²) in [5.74, 6) is -0.114. The average molecular weight is 299 g/mol. The van der Waals surface area contributed by atoms with Gasteiger partial charge in [0.25, 0.3) is 0 Å². The Labute approximate surface area is 130 Å². The first kappa shape index (κ1) is 14.6. The van der Waals surface area contributed by atoms with E-state index in [0.29, 0.717) is 5.69 Å². The molecule has 0 aliphatic carbocycles. The van der Waals surface area contributed by atoms with Crippen molar-refractivity contribution < 1.29 is 9.90 Å². The molecule has 3 rings (SSSR count). The van der Waals surface area contributed by atoms with E-state index in [1.807, 2.05) is 0 Å². The molecule has 116 valence electrons. The average Bonchev–Trinajstić information content (AvgIpc) is 2.74. The first-order chi connectivity index (χ1) is 10.4. The molecule has 2 aromatic rings. The Morgan fingerprint density at radius 1 is 1.23 bits per heavy atom. The molecule has 0 saturated carbocycles. The molecule has 5 nitrogen and oxygen atoms in total. The zero-order chi connectivity index (χ0) is 16.0. The van der Waals surface area contributed by atoms with E-state index < -0.39 is 5.97 Å². The van der Waals surface area contributed by atoms with Crippen LogP contribution in [0.1, 0.15) is 39.2 Å². The molecule has 0 amide bonds. The number of fused-ring (bicyclic) bond motifs is 1. The smallest absolute Gasteiger partial charge is 0.354 e. The maximum atomic E-state index is 11.5. The highest BCUT2D eigenvalue weighted by Crippen LogP contribution is 2.37. The van der Waals surface area contributed by atoms with Crippen molar-refractivity contribution in [1.29, 1.82) is 0 Å². The van der Waals surface area contributed by atoms with Crippen LogP contribution < -0.4 is 4.90 Å². The van der Waals surface area contributed by atoms with E-state index in [9.17, 15) is 9.90 Å². The zero-order valence-corrected chi connectivity index (χ0v) is 13.5. The molecule has 1 aromatic heterocycles. The maximum absolute atomic E-state index is 11.5. The predicted octanol–water partition coefficient (Wildman–Crippen LogP) is 3.13. The number of hydrogen-bond donors (Lipinski definition) is 1. The molecule has 1 aliphatic rings. The van der Waals surface area contributed by atoms with Crippen LogP contribution >= 0.6 is 0 Å². The first-order valence-corrected chi connectivity index (χ1v) is 7.54. The summed E-state index contributed by atoms with van der Waals surface area (Å²) >= 11 is 0. The van der Waals surface area contributed by atoms with Crippen molar-refractivity contribution in [2.45, 2.75) is 33.6 Å². The molecule has 0 bridgehead atoms. The van der Waals surface area contributed by atoms with Crippen LogP contribution in [0.3, 0.4) is 0 Å². The fourth-order valence-electron chi connectivity index (χ4n) is 3.60. The molecular weight excluding hydrogens is 278 g/mol. The minimum absolute atomic E-state index is 0.308. The molecule has 0 radical (unpaired) electrons. The van der Waals surface area contributed by atoms with E-state index in [-0.39, 0.29) is 0 Å². The summed E-state index contributed by atoms with van der Waals surface area (Å²) in [4.78, 5) is 13.7. The SMILES string of the molecule is Cc1cc(C)c(N2CCCc3c2nn(C)c3C(=O)O)c(C)c1. The number of anilines is 2. The molecule has 0 unspecified atom stereocenters. The third-order valence-corrected chi connectivity index (χ3v) is 4.30. The van der Waals surface area contributed by atoms with Crippen LogP contribution in [-0.2, 0) is 13.5 Å². The van der Waals surface area contributed by atoms with Gasteiger partial charge in [0.1, 0.15) is 0 Å². The minimum Gasteiger partial charge on any atom is -0.477 e. The number of aromatic carboxylic acids is 1. The second-order valence-electron chi connectivity index (χ2n) is 6.08. The molecule has 0 atom stereocenters. The lowest BCUT2D eigenvalue weighted by Crippen LogP contribution is -2.26. The Bertz CT molecular complexity index is 738. The van der Waals surface area contributed by atoms with Crippen molar-refractivity contribution in [3.8, 4) is 0 Å². The van der Waals surface area contributed by atoms with Crippen molar-refractivity contribution in [2.75, 3.05) is 11.4 Å². The Morgan fingerprint density at radius 2 is 1.86 bits per heavy atom. The Balaban J connectivity index is 2.18. The maximum Gasteiger partial charge on any atom is 0.354 e. The zero-order valence-electron chi connectivity index (χ0n) is 13.5. The molecule has 0 fully saturated rings. The second kappa shape index (κ2) is 5.16. The summed E-state index contributed by atoms with van der Waals surface area (Å²) in [6.07, 6.45) is 1.71. The van der Waals surface area contributed by atoms with Gasteiger partial charge in [0, 0.05) is 24.8 Å². The molecule has 1 N–H and O–H groups in total. The van der Waals surface area contributed by atoms with E-state index in [1.54, 1.807) is 7.05 Å². The van der Waals surface area contributed by atoms with Crippen LogP contribution in [-0.4, -0.2) is 27.4 Å². The number of aryl methyl sites for hydroxylation is 4. The van der Waals surface area contributed by atoms with Gasteiger partial charge in [-0.2, -0.15) is 5.10 Å². The lowest BCUT2D eigenvalue weighted by Gasteiger charge is -2.30. The second-order valence-corrected chi connectivity index (χ2v) is 6.08. The van der Waals surface area contributed by atoms with E-state index >= 15 is 0 Å². The van der Waals surface area contributed by atoms with Gasteiger partial charge in [-0.1, -0.05) is 17.7 Å². The lowest BCUT2D eigenvalue weighted by molar-refractivity contribution is 0.0683. The largest absolute Gasteiger partial charge is 0.477 e. The van der Waals surface area contributed by atoms with Crippen molar-refractivity contribution >= 4 is 17.5 Å². The number of hydrogen-bond acceptors (Lipinski definition) is 3. The highest BCUT2D eigenvalue weighted by Gasteiger charge is 2.29. The van der Waals surface area contributed by atoms with Gasteiger partial charge in [0.05, 0.1) is 0 Å². The third-order valence-electron chi connectivity index (χ3n) is 4.30. The molecular formula is C17H21N3O2. The third kappa shape index (κ3) is 2.17. The monoisotopic (exact) mass is 299 g/mol. The summed E-state index contributed by atoms with van der Waals surface area (Å²) in [7, 11) is 1.70. The van der Waals surface area contributed by atoms with Crippen LogP contribution in [0.25, 0.3) is 0 Å². The molecule has 1 aromatic carbocycles. The molecule has 0 spiro atoms. The summed E-state index contributed by atoms with van der Waals surface area (Å²) in [6, 6.07) is 4.33. The van der Waals surface area contributed by atoms with Gasteiger partial charge in [-0.25, -0.2) is 4.79 Å². The number of carboxylic acid groups (broad SMARTS) is 1. The molecule has 22 heavy (non-hydrogen) atoms. The van der Waals surface area contributed by atoms with E-state index in [2.05, 4.69) is 42.9 Å². The standard InChI is InChI=1S/C17H21N3O2/c1-10-8-11(2)14(12(3)9-10)20-7-5-6-13-15(17(21)22)19(4)18-16(13)20/h8-9H,5-7H2,1-4H3,(H,21,22). The summed E-state index contributed by atoms with van der Waals surface area (Å²) < 4.78 is 1.49. The lowest BCUT2D eigenvalue weighted by atomic mass is 9.99. The number of aromatic nitrogens is 2. The van der Waals surface area contributed by atoms with Gasteiger partial charge in [-0.05, 0) is 44.7 Å². The van der Waals surface area contributed by atoms with Gasteiger partial charge in [0.15, 0.2) is 11.5 Å². The van der Waals surface area contributed by atoms with Crippen LogP contribution in [0.4, 0.5) is 11.5 Å². The normalized spacial score (nSPS) is 14.1.